The van der Waals surface area contributed by atoms with Gasteiger partial charge in [0.15, 0.2) is 0 Å². The van der Waals surface area contributed by atoms with Gasteiger partial charge in [-0.25, -0.2) is 14.4 Å². The number of nitrogen functional groups attached to an aromatic ring is 1. The number of nitrogens with two attached hydrogens (primary N) is 1. The van der Waals surface area contributed by atoms with Gasteiger partial charge in [0.25, 0.3) is 0 Å². The molecule has 0 unspecified atom stereocenters. The Balaban J connectivity index is 2.80. The van der Waals surface area contributed by atoms with Gasteiger partial charge in [0.1, 0.15) is 11.1 Å². The number of benzene rings is 1. The van der Waals surface area contributed by atoms with E-state index in [0.29, 0.717) is 0 Å². The predicted molar refractivity (Wildman–Crippen MR) is 86.1 cm³/mol. The highest BCUT2D eigenvalue weighted by Crippen LogP contribution is 2.20. The van der Waals surface area contributed by atoms with Crippen molar-refractivity contribution < 1.29 is 29.0 Å². The first-order valence-electron chi connectivity index (χ1n) is 6.86. The summed E-state index contributed by atoms with van der Waals surface area (Å²) in [5.41, 5.74) is 4.39. The number of carboxylic acids is 1. The number of methoxy groups -OCH3 is 2. The number of aromatic carboxylic acids is 1. The Morgan fingerprint density at radius 3 is 2.00 bits per heavy atom. The number of hydrogen-bond acceptors (Lipinski definition) is 7. The second-order valence-corrected chi connectivity index (χ2v) is 4.88. The molecule has 130 valence electrons. The van der Waals surface area contributed by atoms with Gasteiger partial charge in [-0.2, -0.15) is 0 Å². The van der Waals surface area contributed by atoms with E-state index in [1.54, 1.807) is 0 Å². The molecule has 25 heavy (non-hydrogen) atoms. The third-order valence-electron chi connectivity index (χ3n) is 3.39. The summed E-state index contributed by atoms with van der Waals surface area (Å²) >= 11 is 0. The third kappa shape index (κ3) is 3.34. The van der Waals surface area contributed by atoms with Crippen molar-refractivity contribution in [2.75, 3.05) is 20.0 Å². The average molecular weight is 346 g/mol. The summed E-state index contributed by atoms with van der Waals surface area (Å²) in [5, 5.41) is 9.10. The summed E-state index contributed by atoms with van der Waals surface area (Å²) in [6.07, 6.45) is 2.22. The Morgan fingerprint density at radius 1 is 1.04 bits per heavy atom. The number of ether oxygens (including phenoxy) is 2. The normalized spacial score (nSPS) is 10.2. The number of carboxylic acid groups (broad SMARTS) is 1. The predicted octanol–water partition coefficient (Wildman–Crippen LogP) is 0.691. The minimum atomic E-state index is -1.19. The van der Waals surface area contributed by atoms with E-state index < -0.39 is 34.5 Å². The highest BCUT2D eigenvalue weighted by atomic mass is 16.5. The molecule has 0 aliphatic rings. The van der Waals surface area contributed by atoms with Crippen LogP contribution in [0.25, 0.3) is 5.69 Å². The maximum atomic E-state index is 12.3. The van der Waals surface area contributed by atoms with E-state index in [0.717, 1.165) is 26.6 Å². The van der Waals surface area contributed by atoms with Gasteiger partial charge in [-0.15, -0.1) is 0 Å². The van der Waals surface area contributed by atoms with Crippen molar-refractivity contribution in [1.29, 1.82) is 0 Å². The molecule has 3 N–H and O–H groups in total. The number of esters is 2. The minimum absolute atomic E-state index is 0.0675. The van der Waals surface area contributed by atoms with Crippen molar-refractivity contribution in [3.8, 4) is 5.69 Å². The van der Waals surface area contributed by atoms with E-state index in [1.807, 2.05) is 0 Å². The average Bonchev–Trinajstić information content (AvgIpc) is 2.60. The molecule has 2 aromatic rings. The second kappa shape index (κ2) is 6.87. The lowest BCUT2D eigenvalue weighted by molar-refractivity contribution is 0.0593. The Labute approximate surface area is 141 Å². The Hall–Kier alpha value is -3.62. The van der Waals surface area contributed by atoms with E-state index in [9.17, 15) is 19.2 Å². The first-order valence-corrected chi connectivity index (χ1v) is 6.86. The van der Waals surface area contributed by atoms with Crippen molar-refractivity contribution in [2.24, 2.45) is 0 Å². The number of rotatable bonds is 4. The summed E-state index contributed by atoms with van der Waals surface area (Å²) < 4.78 is 10.3. The first-order chi connectivity index (χ1) is 11.8. The topological polar surface area (TPSA) is 138 Å². The van der Waals surface area contributed by atoms with Crippen LogP contribution < -0.4 is 11.2 Å². The van der Waals surface area contributed by atoms with Gasteiger partial charge in [-0.05, 0) is 18.2 Å². The van der Waals surface area contributed by atoms with Crippen molar-refractivity contribution in [2.45, 2.75) is 0 Å². The minimum Gasteiger partial charge on any atom is -0.478 e. The lowest BCUT2D eigenvalue weighted by Gasteiger charge is -2.13. The smallest absolute Gasteiger partial charge is 0.343 e. The SMILES string of the molecule is COC(=O)c1cn(-c2cc(C(=O)O)ccc2N)cc(C(=O)OC)c1=O. The van der Waals surface area contributed by atoms with Crippen LogP contribution in [-0.4, -0.2) is 41.8 Å². The number of aromatic nitrogens is 1. The number of carbonyl (C=O) groups is 3. The Kier molecular flexibility index (Phi) is 4.87. The summed E-state index contributed by atoms with van der Waals surface area (Å²) in [6, 6.07) is 3.89. The number of nitrogens with zero attached hydrogens (tertiary/aromatic N) is 1. The molecule has 0 atom stereocenters. The van der Waals surface area contributed by atoms with E-state index in [2.05, 4.69) is 9.47 Å². The number of hydrogen-bond donors (Lipinski definition) is 2. The fourth-order valence-corrected chi connectivity index (χ4v) is 2.13. The molecule has 1 aromatic carbocycles. The highest BCUT2D eigenvalue weighted by Gasteiger charge is 2.21. The lowest BCUT2D eigenvalue weighted by atomic mass is 10.1. The van der Waals surface area contributed by atoms with Crippen LogP contribution in [0.5, 0.6) is 0 Å². The first kappa shape index (κ1) is 17.7. The standard InChI is InChI=1S/C16H14N2O7/c1-24-15(22)9-6-18(7-10(13(9)19)16(23)25-2)12-5-8(14(20)21)3-4-11(12)17/h3-7H,17H2,1-2H3,(H,20,21). The van der Waals surface area contributed by atoms with Crippen LogP contribution in [0.15, 0.2) is 35.4 Å². The molecule has 0 saturated carbocycles. The zero-order valence-electron chi connectivity index (χ0n) is 13.3. The van der Waals surface area contributed by atoms with Crippen molar-refractivity contribution >= 4 is 23.6 Å². The molecule has 0 spiro atoms. The van der Waals surface area contributed by atoms with Crippen molar-refractivity contribution in [1.82, 2.24) is 4.57 Å². The summed E-state index contributed by atoms with van der Waals surface area (Å²) in [4.78, 5) is 47.1. The van der Waals surface area contributed by atoms with Gasteiger partial charge in [-0.1, -0.05) is 0 Å². The third-order valence-corrected chi connectivity index (χ3v) is 3.39. The molecule has 0 aliphatic carbocycles. The molecular formula is C16H14N2O7. The van der Waals surface area contributed by atoms with Crippen molar-refractivity contribution in [3.05, 3.63) is 57.5 Å². The number of carbonyl (C=O) groups excluding carboxylic acids is 2. The molecule has 0 bridgehead atoms. The summed E-state index contributed by atoms with van der Waals surface area (Å²) in [5.74, 6) is -3.11. The monoisotopic (exact) mass is 346 g/mol. The van der Waals surface area contributed by atoms with Gasteiger partial charge in [-0.3, -0.25) is 4.79 Å². The highest BCUT2D eigenvalue weighted by molar-refractivity contribution is 5.95. The molecule has 0 amide bonds. The number of anilines is 1. The quantitative estimate of drug-likeness (QED) is 0.609. The molecule has 0 radical (unpaired) electrons. The Bertz CT molecular complexity index is 890. The molecule has 0 aliphatic heterocycles. The van der Waals surface area contributed by atoms with Gasteiger partial charge >= 0.3 is 17.9 Å². The molecular weight excluding hydrogens is 332 g/mol. The molecule has 1 heterocycles. The van der Waals surface area contributed by atoms with Crippen LogP contribution in [0.2, 0.25) is 0 Å². The van der Waals surface area contributed by atoms with Gasteiger partial charge in [0.2, 0.25) is 5.43 Å². The van der Waals surface area contributed by atoms with Gasteiger partial charge in [0, 0.05) is 12.4 Å². The maximum absolute atomic E-state index is 12.3. The van der Waals surface area contributed by atoms with Crippen LogP contribution in [0.4, 0.5) is 5.69 Å². The van der Waals surface area contributed by atoms with E-state index in [-0.39, 0.29) is 16.9 Å². The van der Waals surface area contributed by atoms with Crippen molar-refractivity contribution in [3.63, 3.8) is 0 Å². The van der Waals surface area contributed by atoms with Gasteiger partial charge < -0.3 is 24.9 Å². The molecule has 0 saturated heterocycles. The zero-order chi connectivity index (χ0) is 18.7. The lowest BCUT2D eigenvalue weighted by Crippen LogP contribution is -2.26. The summed E-state index contributed by atoms with van der Waals surface area (Å²) in [6.45, 7) is 0. The van der Waals surface area contributed by atoms with E-state index in [4.69, 9.17) is 10.8 Å². The molecule has 9 nitrogen and oxygen atoms in total. The van der Waals surface area contributed by atoms with Crippen LogP contribution in [0, 0.1) is 0 Å². The zero-order valence-corrected chi connectivity index (χ0v) is 13.3. The fraction of sp³-hybridized carbons (Fsp3) is 0.125. The van der Waals surface area contributed by atoms with E-state index in [1.165, 1.54) is 22.8 Å². The fourth-order valence-electron chi connectivity index (χ4n) is 2.13. The van der Waals surface area contributed by atoms with Crippen LogP contribution in [-0.2, 0) is 9.47 Å². The van der Waals surface area contributed by atoms with E-state index >= 15 is 0 Å². The van der Waals surface area contributed by atoms with Crippen LogP contribution in [0.3, 0.4) is 0 Å². The molecule has 9 heteroatoms. The molecule has 1 aromatic heterocycles. The Morgan fingerprint density at radius 2 is 1.56 bits per heavy atom. The molecule has 2 rings (SSSR count). The number of pyridine rings is 1. The summed E-state index contributed by atoms with van der Waals surface area (Å²) in [7, 11) is 2.16. The largest absolute Gasteiger partial charge is 0.478 e. The van der Waals surface area contributed by atoms with Gasteiger partial charge in [0.05, 0.1) is 31.2 Å². The maximum Gasteiger partial charge on any atom is 0.343 e. The van der Waals surface area contributed by atoms with Crippen LogP contribution in [0.1, 0.15) is 31.1 Å². The molecule has 0 fully saturated rings. The van der Waals surface area contributed by atoms with Crippen LogP contribution >= 0.6 is 0 Å². The second-order valence-electron chi connectivity index (χ2n) is 4.88.